The monoisotopic (exact) mass is 414 g/mol. The quantitative estimate of drug-likeness (QED) is 0.640. The summed E-state index contributed by atoms with van der Waals surface area (Å²) >= 11 is 0. The van der Waals surface area contributed by atoms with Crippen LogP contribution in [0.25, 0.3) is 0 Å². The molecule has 2 aromatic carbocycles. The summed E-state index contributed by atoms with van der Waals surface area (Å²) in [7, 11) is 0. The van der Waals surface area contributed by atoms with E-state index in [1.54, 1.807) is 0 Å². The van der Waals surface area contributed by atoms with E-state index in [-0.39, 0.29) is 17.4 Å². The largest absolute Gasteiger partial charge is 0.454 e. The summed E-state index contributed by atoms with van der Waals surface area (Å²) in [5.41, 5.74) is 2.56. The molecule has 0 fully saturated rings. The van der Waals surface area contributed by atoms with Crippen LogP contribution in [0.1, 0.15) is 61.0 Å². The lowest BCUT2D eigenvalue weighted by Gasteiger charge is -2.20. The Morgan fingerprint density at radius 2 is 1.53 bits per heavy atom. The van der Waals surface area contributed by atoms with E-state index in [2.05, 4.69) is 10.6 Å². The van der Waals surface area contributed by atoms with Gasteiger partial charge >= 0.3 is 5.97 Å². The van der Waals surface area contributed by atoms with Crippen molar-refractivity contribution in [3.63, 3.8) is 0 Å². The molecule has 7 heteroatoms. The van der Waals surface area contributed by atoms with Crippen LogP contribution >= 0.6 is 0 Å². The van der Waals surface area contributed by atoms with Gasteiger partial charge in [0.2, 0.25) is 0 Å². The summed E-state index contributed by atoms with van der Waals surface area (Å²) in [5.74, 6) is -2.28. The molecule has 0 unspecified atom stereocenters. The van der Waals surface area contributed by atoms with E-state index in [1.807, 2.05) is 45.9 Å². The van der Waals surface area contributed by atoms with Crippen LogP contribution in [-0.4, -0.2) is 30.9 Å². The van der Waals surface area contributed by atoms with Crippen molar-refractivity contribution in [3.05, 3.63) is 65.0 Å². The third kappa shape index (κ3) is 6.14. The lowest BCUT2D eigenvalue weighted by atomic mass is 9.92. The van der Waals surface area contributed by atoms with Gasteiger partial charge in [0, 0.05) is 5.69 Å². The Bertz CT molecular complexity index is 899. The standard InChI is InChI=1S/C23H27FN2O4/c1-14(2)16-9-7-10-17(15(3)4)22(16)26-20(27)13-30-21(28)12-25-23(29)18-8-5-6-11-19(18)24/h5-11,14-15H,12-13H2,1-4H3,(H,25,29)(H,26,27). The molecular weight excluding hydrogens is 387 g/mol. The number of carbonyl (C=O) groups is 3. The number of esters is 1. The van der Waals surface area contributed by atoms with Crippen LogP contribution in [0.4, 0.5) is 10.1 Å². The van der Waals surface area contributed by atoms with Crippen molar-refractivity contribution in [1.29, 1.82) is 0 Å². The molecule has 0 spiro atoms. The highest BCUT2D eigenvalue weighted by molar-refractivity contribution is 5.97. The fraction of sp³-hybridized carbons (Fsp3) is 0.348. The Kier molecular flexibility index (Phi) is 8.09. The Morgan fingerprint density at radius 3 is 2.10 bits per heavy atom. The van der Waals surface area contributed by atoms with E-state index < -0.39 is 36.8 Å². The molecule has 2 N–H and O–H groups in total. The van der Waals surface area contributed by atoms with Crippen LogP contribution in [0, 0.1) is 5.82 Å². The maximum Gasteiger partial charge on any atom is 0.325 e. The van der Waals surface area contributed by atoms with Crippen molar-refractivity contribution in [2.24, 2.45) is 0 Å². The molecule has 0 aliphatic rings. The highest BCUT2D eigenvalue weighted by atomic mass is 19.1. The molecule has 30 heavy (non-hydrogen) atoms. The molecule has 0 atom stereocenters. The average molecular weight is 414 g/mol. The maximum absolute atomic E-state index is 13.6. The first-order valence-corrected chi connectivity index (χ1v) is 9.81. The van der Waals surface area contributed by atoms with Gasteiger partial charge in [-0.3, -0.25) is 14.4 Å². The summed E-state index contributed by atoms with van der Waals surface area (Å²) in [6.45, 7) is 7.18. The van der Waals surface area contributed by atoms with Gasteiger partial charge < -0.3 is 15.4 Å². The number of para-hydroxylation sites is 1. The molecule has 0 aliphatic heterocycles. The highest BCUT2D eigenvalue weighted by Crippen LogP contribution is 2.32. The van der Waals surface area contributed by atoms with Crippen LogP contribution in [0.15, 0.2) is 42.5 Å². The van der Waals surface area contributed by atoms with E-state index in [9.17, 15) is 18.8 Å². The minimum Gasteiger partial charge on any atom is -0.454 e. The Labute approximate surface area is 175 Å². The highest BCUT2D eigenvalue weighted by Gasteiger charge is 2.17. The van der Waals surface area contributed by atoms with Crippen LogP contribution in [0.2, 0.25) is 0 Å². The van der Waals surface area contributed by atoms with Crippen LogP contribution < -0.4 is 10.6 Å². The third-order valence-electron chi connectivity index (χ3n) is 4.51. The van der Waals surface area contributed by atoms with E-state index in [1.165, 1.54) is 18.2 Å². The number of anilines is 1. The number of carbonyl (C=O) groups excluding carboxylic acids is 3. The number of halogens is 1. The molecule has 2 amide bonds. The summed E-state index contributed by atoms with van der Waals surface area (Å²) in [4.78, 5) is 36.1. The van der Waals surface area contributed by atoms with Crippen molar-refractivity contribution in [2.45, 2.75) is 39.5 Å². The molecule has 0 aliphatic carbocycles. The minimum absolute atomic E-state index is 0.172. The van der Waals surface area contributed by atoms with Gasteiger partial charge in [0.05, 0.1) is 5.56 Å². The van der Waals surface area contributed by atoms with Crippen LogP contribution in [0.5, 0.6) is 0 Å². The lowest BCUT2D eigenvalue weighted by Crippen LogP contribution is -2.32. The zero-order chi connectivity index (χ0) is 22.3. The fourth-order valence-electron chi connectivity index (χ4n) is 2.96. The average Bonchev–Trinajstić information content (AvgIpc) is 2.70. The molecule has 0 heterocycles. The predicted octanol–water partition coefficient (Wildman–Crippen LogP) is 3.98. The summed E-state index contributed by atoms with van der Waals surface area (Å²) < 4.78 is 18.5. The van der Waals surface area contributed by atoms with Gasteiger partial charge in [-0.1, -0.05) is 58.0 Å². The van der Waals surface area contributed by atoms with Gasteiger partial charge in [-0.25, -0.2) is 4.39 Å². The van der Waals surface area contributed by atoms with Gasteiger partial charge in [0.25, 0.3) is 11.8 Å². The number of benzene rings is 2. The molecule has 160 valence electrons. The zero-order valence-electron chi connectivity index (χ0n) is 17.6. The van der Waals surface area contributed by atoms with Crippen LogP contribution in [0.3, 0.4) is 0 Å². The van der Waals surface area contributed by atoms with Crippen molar-refractivity contribution in [2.75, 3.05) is 18.5 Å². The van der Waals surface area contributed by atoms with Crippen LogP contribution in [-0.2, 0) is 14.3 Å². The van der Waals surface area contributed by atoms with Gasteiger partial charge in [-0.05, 0) is 35.1 Å². The molecule has 0 aromatic heterocycles. The second-order valence-corrected chi connectivity index (χ2v) is 7.49. The number of amides is 2. The number of nitrogens with one attached hydrogen (secondary N) is 2. The minimum atomic E-state index is -0.795. The summed E-state index contributed by atoms with van der Waals surface area (Å²) in [6, 6.07) is 11.3. The predicted molar refractivity (Wildman–Crippen MR) is 113 cm³/mol. The Hall–Kier alpha value is -3.22. The third-order valence-corrected chi connectivity index (χ3v) is 4.51. The second kappa shape index (κ2) is 10.5. The van der Waals surface area contributed by atoms with E-state index in [0.717, 1.165) is 22.9 Å². The van der Waals surface area contributed by atoms with Crippen molar-refractivity contribution >= 4 is 23.5 Å². The Balaban J connectivity index is 1.91. The van der Waals surface area contributed by atoms with E-state index >= 15 is 0 Å². The molecule has 2 rings (SSSR count). The van der Waals surface area contributed by atoms with Gasteiger partial charge in [-0.15, -0.1) is 0 Å². The summed E-state index contributed by atoms with van der Waals surface area (Å²) in [5, 5.41) is 5.12. The molecule has 6 nitrogen and oxygen atoms in total. The van der Waals surface area contributed by atoms with E-state index in [4.69, 9.17) is 4.74 Å². The van der Waals surface area contributed by atoms with Crippen molar-refractivity contribution in [1.82, 2.24) is 5.32 Å². The zero-order valence-corrected chi connectivity index (χ0v) is 17.6. The lowest BCUT2D eigenvalue weighted by molar-refractivity contribution is -0.146. The topological polar surface area (TPSA) is 84.5 Å². The SMILES string of the molecule is CC(C)c1cccc(C(C)C)c1NC(=O)COC(=O)CNC(=O)c1ccccc1F. The van der Waals surface area contributed by atoms with Gasteiger partial charge in [0.1, 0.15) is 12.4 Å². The smallest absolute Gasteiger partial charge is 0.325 e. The Morgan fingerprint density at radius 1 is 0.933 bits per heavy atom. The molecule has 0 saturated carbocycles. The first-order chi connectivity index (χ1) is 14.2. The fourth-order valence-corrected chi connectivity index (χ4v) is 2.96. The molecule has 0 saturated heterocycles. The number of rotatable bonds is 8. The molecule has 2 aromatic rings. The second-order valence-electron chi connectivity index (χ2n) is 7.49. The molecular formula is C23H27FN2O4. The van der Waals surface area contributed by atoms with E-state index in [0.29, 0.717) is 0 Å². The first kappa shape index (κ1) is 23.1. The molecule has 0 bridgehead atoms. The first-order valence-electron chi connectivity index (χ1n) is 9.81. The maximum atomic E-state index is 13.6. The number of hydrogen-bond acceptors (Lipinski definition) is 4. The number of ether oxygens (including phenoxy) is 1. The van der Waals surface area contributed by atoms with Crippen molar-refractivity contribution < 1.29 is 23.5 Å². The summed E-state index contributed by atoms with van der Waals surface area (Å²) in [6.07, 6.45) is 0. The molecule has 0 radical (unpaired) electrons. The number of hydrogen-bond donors (Lipinski definition) is 2. The normalized spacial score (nSPS) is 10.8. The van der Waals surface area contributed by atoms with Crippen molar-refractivity contribution in [3.8, 4) is 0 Å². The van der Waals surface area contributed by atoms with Gasteiger partial charge in [0.15, 0.2) is 6.61 Å². The van der Waals surface area contributed by atoms with Gasteiger partial charge in [-0.2, -0.15) is 0 Å².